The summed E-state index contributed by atoms with van der Waals surface area (Å²) in [7, 11) is -10.7. The van der Waals surface area contributed by atoms with Crippen molar-refractivity contribution < 1.29 is 82.0 Å². The number of carbonyl (C=O) groups is 2. The van der Waals surface area contributed by atoms with Gasteiger partial charge in [-0.3, -0.25) is 23.2 Å². The second-order valence-electron chi connectivity index (χ2n) is 16.6. The molecule has 1 saturated carbocycles. The Bertz CT molecular complexity index is 1650. The molecule has 6 unspecified atom stereocenters. The van der Waals surface area contributed by atoms with Gasteiger partial charge in [-0.05, 0) is 89.9 Å². The molecule has 17 nitrogen and oxygen atoms in total. The summed E-state index contributed by atoms with van der Waals surface area (Å²) in [5.74, 6) is -1.32. The van der Waals surface area contributed by atoms with Crippen molar-refractivity contribution in [2.45, 2.75) is 198 Å². The molecule has 0 saturated heterocycles. The van der Waals surface area contributed by atoms with Gasteiger partial charge >= 0.3 is 27.6 Å². The number of phosphoric ester groups is 2. The van der Waals surface area contributed by atoms with E-state index in [1.807, 2.05) is 43.4 Å². The van der Waals surface area contributed by atoms with E-state index in [1.165, 1.54) is 19.3 Å². The Morgan fingerprint density at radius 3 is 1.53 bits per heavy atom. The van der Waals surface area contributed by atoms with Gasteiger partial charge in [0.15, 0.2) is 6.10 Å². The van der Waals surface area contributed by atoms with E-state index in [0.717, 1.165) is 70.6 Å². The Kier molecular flexibility index (Phi) is 36.1. The predicted molar refractivity (Wildman–Crippen MR) is 261 cm³/mol. The van der Waals surface area contributed by atoms with Crippen LogP contribution in [0.2, 0.25) is 0 Å². The van der Waals surface area contributed by atoms with Crippen LogP contribution in [0.5, 0.6) is 0 Å². The summed E-state index contributed by atoms with van der Waals surface area (Å²) >= 11 is 0. The second kappa shape index (κ2) is 38.8. The van der Waals surface area contributed by atoms with Crippen molar-refractivity contribution in [3.8, 4) is 0 Å². The van der Waals surface area contributed by atoms with Crippen LogP contribution in [0.1, 0.15) is 149 Å². The van der Waals surface area contributed by atoms with Gasteiger partial charge in [-0.25, -0.2) is 9.13 Å². The molecule has 1 rings (SSSR count). The molecule has 0 aromatic carbocycles. The molecule has 0 aromatic rings. The lowest BCUT2D eigenvalue weighted by atomic mass is 9.85. The van der Waals surface area contributed by atoms with E-state index in [1.54, 1.807) is 0 Å². The maximum Gasteiger partial charge on any atom is 0.472 e. The molecular weight excluding hydrogens is 922 g/mol. The molecule has 0 heterocycles. The van der Waals surface area contributed by atoms with Gasteiger partial charge in [-0.1, -0.05) is 131 Å². The van der Waals surface area contributed by atoms with Crippen molar-refractivity contribution >= 4 is 27.6 Å². The van der Waals surface area contributed by atoms with Crippen molar-refractivity contribution in [3.63, 3.8) is 0 Å². The van der Waals surface area contributed by atoms with E-state index in [2.05, 4.69) is 60.1 Å². The number of allylic oxidation sites excluding steroid dienone is 13. The average molecular weight is 1010 g/mol. The van der Waals surface area contributed by atoms with Crippen LogP contribution in [0.25, 0.3) is 0 Å². The quantitative estimate of drug-likeness (QED) is 0.0124. The molecule has 1 aliphatic rings. The highest BCUT2D eigenvalue weighted by Crippen LogP contribution is 2.49. The molecule has 9 atom stereocenters. The SMILES string of the molecule is CCCCC/C=C\C/C=C\C/C=C\CCCCCCC(=O)OC[C@H](COP(=O)(O)O[C@H]1C(O)C(O)C(O)[C@@H](OP(=O)(O)O)C1O)OC(=O)CCC/C=C\C/C=C\C/C=C\C/C=C\CC(O)CCC. The van der Waals surface area contributed by atoms with Crippen molar-refractivity contribution in [1.29, 1.82) is 0 Å². The number of aliphatic hydroxyl groups excluding tert-OH is 5. The van der Waals surface area contributed by atoms with Crippen molar-refractivity contribution in [2.75, 3.05) is 13.2 Å². The monoisotopic (exact) mass is 1000 g/mol. The van der Waals surface area contributed by atoms with Gasteiger partial charge in [0.05, 0.1) is 12.7 Å². The highest BCUT2D eigenvalue weighted by Gasteiger charge is 2.54. The van der Waals surface area contributed by atoms with E-state index in [9.17, 15) is 58.9 Å². The Labute approximate surface area is 404 Å². The summed E-state index contributed by atoms with van der Waals surface area (Å²) in [6.07, 6.45) is 30.3. The molecule has 0 radical (unpaired) electrons. The third kappa shape index (κ3) is 32.9. The molecular formula is C49H82O17P2. The van der Waals surface area contributed by atoms with Gasteiger partial charge in [0, 0.05) is 12.8 Å². The minimum atomic E-state index is -5.38. The largest absolute Gasteiger partial charge is 0.472 e. The van der Waals surface area contributed by atoms with E-state index >= 15 is 0 Å². The molecule has 1 aliphatic carbocycles. The first kappa shape index (κ1) is 63.2. The van der Waals surface area contributed by atoms with Gasteiger partial charge in [-0.15, -0.1) is 0 Å². The minimum Gasteiger partial charge on any atom is -0.462 e. The van der Waals surface area contributed by atoms with Crippen LogP contribution in [-0.4, -0.2) is 114 Å². The third-order valence-electron chi connectivity index (χ3n) is 10.5. The topological polar surface area (TPSA) is 276 Å². The first-order chi connectivity index (χ1) is 32.5. The molecule has 0 amide bonds. The fourth-order valence-corrected chi connectivity index (χ4v) is 8.28. The van der Waals surface area contributed by atoms with Crippen LogP contribution in [0.15, 0.2) is 85.1 Å². The van der Waals surface area contributed by atoms with Crippen molar-refractivity contribution in [2.24, 2.45) is 0 Å². The van der Waals surface area contributed by atoms with Gasteiger partial charge in [0.2, 0.25) is 0 Å². The van der Waals surface area contributed by atoms with E-state index in [4.69, 9.17) is 18.5 Å². The number of rotatable bonds is 39. The van der Waals surface area contributed by atoms with Crippen LogP contribution in [0, 0.1) is 0 Å². The molecule has 0 bridgehead atoms. The Morgan fingerprint density at radius 2 is 1.00 bits per heavy atom. The van der Waals surface area contributed by atoms with Crippen LogP contribution in [0.3, 0.4) is 0 Å². The molecule has 19 heteroatoms. The molecule has 0 spiro atoms. The molecule has 390 valence electrons. The minimum absolute atomic E-state index is 0.0565. The number of unbranched alkanes of at least 4 members (excludes halogenated alkanes) is 8. The van der Waals surface area contributed by atoms with Gasteiger partial charge in [0.1, 0.15) is 43.2 Å². The number of carbonyl (C=O) groups excluding carboxylic acids is 2. The number of esters is 2. The third-order valence-corrected chi connectivity index (χ3v) is 12.0. The fourth-order valence-electron chi connectivity index (χ4n) is 6.74. The van der Waals surface area contributed by atoms with Gasteiger partial charge < -0.3 is 49.7 Å². The zero-order chi connectivity index (χ0) is 50.5. The number of ether oxygens (including phenoxy) is 2. The maximum atomic E-state index is 13.0. The second-order valence-corrected chi connectivity index (χ2v) is 19.2. The van der Waals surface area contributed by atoms with Crippen LogP contribution in [-0.2, 0) is 41.8 Å². The fraction of sp³-hybridized carbons (Fsp3) is 0.673. The van der Waals surface area contributed by atoms with Crippen LogP contribution in [0.4, 0.5) is 0 Å². The lowest BCUT2D eigenvalue weighted by molar-refractivity contribution is -0.216. The normalized spacial score (nSPS) is 22.4. The Morgan fingerprint density at radius 1 is 0.529 bits per heavy atom. The average Bonchev–Trinajstić information content (AvgIpc) is 3.29. The molecule has 1 fully saturated rings. The zero-order valence-corrected chi connectivity index (χ0v) is 41.9. The summed E-state index contributed by atoms with van der Waals surface area (Å²) in [5.41, 5.74) is 0. The molecule has 0 aliphatic heterocycles. The lowest BCUT2D eigenvalue weighted by Crippen LogP contribution is -2.64. The summed E-state index contributed by atoms with van der Waals surface area (Å²) in [4.78, 5) is 54.3. The lowest BCUT2D eigenvalue weighted by Gasteiger charge is -2.43. The Balaban J connectivity index is 2.65. The van der Waals surface area contributed by atoms with Crippen molar-refractivity contribution in [1.82, 2.24) is 0 Å². The van der Waals surface area contributed by atoms with E-state index in [0.29, 0.717) is 32.1 Å². The first-order valence-corrected chi connectivity index (χ1v) is 27.2. The van der Waals surface area contributed by atoms with Gasteiger partial charge in [-0.2, -0.15) is 0 Å². The summed E-state index contributed by atoms with van der Waals surface area (Å²) < 4.78 is 49.3. The summed E-state index contributed by atoms with van der Waals surface area (Å²) in [6.45, 7) is 2.81. The van der Waals surface area contributed by atoms with Crippen molar-refractivity contribution in [3.05, 3.63) is 85.1 Å². The van der Waals surface area contributed by atoms with E-state index in [-0.39, 0.29) is 18.9 Å². The van der Waals surface area contributed by atoms with E-state index < -0.39 is 83.5 Å². The number of aliphatic hydroxyl groups is 5. The first-order valence-electron chi connectivity index (χ1n) is 24.2. The highest BCUT2D eigenvalue weighted by atomic mass is 31.2. The highest BCUT2D eigenvalue weighted by molar-refractivity contribution is 7.47. The number of hydrogen-bond acceptors (Lipinski definition) is 14. The maximum absolute atomic E-state index is 13.0. The standard InChI is InChI=1S/C49H82O17P2/c1-3-5-6-7-8-9-10-11-12-13-14-17-20-23-26-29-32-36-42(51)62-38-41(39-63-68(60,61)66-49-46(55)44(53)45(54)48(47(49)56)65-67(57,58)59)64-43(52)37-33-30-27-24-21-18-15-16-19-22-25-28-31-35-40(50)34-4-2/h8-9,11-12,14-15,17-19,22,24,27-28,31,40-41,44-50,53-56H,3-7,10,13,16,20-21,23,25-26,29-30,32-39H2,1-2H3,(H,60,61)(H2,57,58,59)/b9-8-,12-11-,17-14-,18-15-,22-19-,27-24-,31-28-/t40?,41-,44?,45?,46?,47?,48-,49+/m1/s1. The summed E-state index contributed by atoms with van der Waals surface area (Å²) in [5, 5.41) is 51.0. The molecule has 0 aromatic heterocycles. The Hall–Kier alpha value is -2.86. The summed E-state index contributed by atoms with van der Waals surface area (Å²) in [6, 6.07) is 0. The smallest absolute Gasteiger partial charge is 0.462 e. The van der Waals surface area contributed by atoms with Crippen LogP contribution < -0.4 is 0 Å². The zero-order valence-electron chi connectivity index (χ0n) is 40.1. The molecule has 68 heavy (non-hydrogen) atoms. The molecule has 8 N–H and O–H groups in total. The number of hydrogen-bond donors (Lipinski definition) is 8. The van der Waals surface area contributed by atoms with Gasteiger partial charge in [0.25, 0.3) is 0 Å². The predicted octanol–water partition coefficient (Wildman–Crippen LogP) is 8.36. The number of phosphoric acid groups is 2. The van der Waals surface area contributed by atoms with Crippen LogP contribution >= 0.6 is 15.6 Å².